The molecule has 0 saturated carbocycles. The number of halogens is 2. The van der Waals surface area contributed by atoms with Crippen LogP contribution in [0.4, 0.5) is 8.78 Å². The van der Waals surface area contributed by atoms with Crippen molar-refractivity contribution < 1.29 is 18.3 Å². The van der Waals surface area contributed by atoms with E-state index in [0.717, 1.165) is 4.57 Å². The molecule has 18 heavy (non-hydrogen) atoms. The van der Waals surface area contributed by atoms with Gasteiger partial charge in [-0.1, -0.05) is 0 Å². The highest BCUT2D eigenvalue weighted by molar-refractivity contribution is 5.71. The number of carbonyl (C=O) groups excluding carboxylic acids is 1. The molecule has 0 atom stereocenters. The summed E-state index contributed by atoms with van der Waals surface area (Å²) in [5.41, 5.74) is 0. The predicted octanol–water partition coefficient (Wildman–Crippen LogP) is 1.66. The van der Waals surface area contributed by atoms with Gasteiger partial charge in [0.15, 0.2) is 0 Å². The number of carbonyl (C=O) groups is 1. The van der Waals surface area contributed by atoms with Crippen molar-refractivity contribution in [3.8, 4) is 0 Å². The van der Waals surface area contributed by atoms with Crippen molar-refractivity contribution in [1.29, 1.82) is 0 Å². The summed E-state index contributed by atoms with van der Waals surface area (Å²) in [4.78, 5) is 16.8. The average Bonchev–Trinajstić information content (AvgIpc) is 2.76. The molecule has 0 spiro atoms. The maximum absolute atomic E-state index is 12.7. The quantitative estimate of drug-likeness (QED) is 0.731. The van der Waals surface area contributed by atoms with Crippen molar-refractivity contribution >= 4 is 5.97 Å². The van der Waals surface area contributed by atoms with Crippen LogP contribution in [0.1, 0.15) is 26.2 Å². The van der Waals surface area contributed by atoms with E-state index < -0.39 is 12.5 Å². The van der Waals surface area contributed by atoms with Crippen molar-refractivity contribution in [1.82, 2.24) is 14.5 Å². The molecule has 7 heteroatoms. The number of ether oxygens (including phenoxy) is 1. The summed E-state index contributed by atoms with van der Waals surface area (Å²) in [5, 5.41) is 0. The van der Waals surface area contributed by atoms with Crippen molar-refractivity contribution in [2.24, 2.45) is 0 Å². The van der Waals surface area contributed by atoms with E-state index in [4.69, 9.17) is 0 Å². The number of imidazole rings is 1. The molecule has 0 fully saturated rings. The van der Waals surface area contributed by atoms with Crippen LogP contribution in [0, 0.1) is 0 Å². The summed E-state index contributed by atoms with van der Waals surface area (Å²) in [5.74, 6) is -0.179. The molecule has 0 aliphatic rings. The van der Waals surface area contributed by atoms with E-state index in [0.29, 0.717) is 0 Å². The predicted molar refractivity (Wildman–Crippen MR) is 61.0 cm³/mol. The highest BCUT2D eigenvalue weighted by Crippen LogP contribution is 2.15. The Morgan fingerprint density at radius 3 is 2.72 bits per heavy atom. The molecular weight excluding hydrogens is 244 g/mol. The van der Waals surface area contributed by atoms with Crippen LogP contribution in [0.2, 0.25) is 0 Å². The monoisotopic (exact) mass is 261 g/mol. The van der Waals surface area contributed by atoms with Gasteiger partial charge >= 0.3 is 12.5 Å². The number of methoxy groups -OCH3 is 1. The van der Waals surface area contributed by atoms with Gasteiger partial charge < -0.3 is 4.74 Å². The van der Waals surface area contributed by atoms with Crippen LogP contribution in [0.3, 0.4) is 0 Å². The van der Waals surface area contributed by atoms with Gasteiger partial charge in [-0.25, -0.2) is 4.98 Å². The summed E-state index contributed by atoms with van der Waals surface area (Å²) in [6.07, 6.45) is 2.54. The molecule has 102 valence electrons. The summed E-state index contributed by atoms with van der Waals surface area (Å²) < 4.78 is 30.7. The van der Waals surface area contributed by atoms with Crippen LogP contribution < -0.4 is 0 Å². The van der Waals surface area contributed by atoms with Gasteiger partial charge in [0.25, 0.3) is 0 Å². The number of alkyl halides is 2. The standard InChI is InChI=1S/C11H17F2N3O2/c1-8(2)15(7-10(17)18-3)6-9-14-4-5-16(9)11(12)13/h4-5,8,11H,6-7H2,1-3H3. The van der Waals surface area contributed by atoms with Crippen molar-refractivity contribution in [3.63, 3.8) is 0 Å². The van der Waals surface area contributed by atoms with Gasteiger partial charge in [-0.15, -0.1) is 0 Å². The summed E-state index contributed by atoms with van der Waals surface area (Å²) in [6, 6.07) is 0.0203. The van der Waals surface area contributed by atoms with Crippen LogP contribution in [0.25, 0.3) is 0 Å². The molecule has 0 bridgehead atoms. The Morgan fingerprint density at radius 1 is 1.56 bits per heavy atom. The van der Waals surface area contributed by atoms with Crippen LogP contribution in [0.5, 0.6) is 0 Å². The second kappa shape index (κ2) is 6.44. The molecule has 5 nitrogen and oxygen atoms in total. The van der Waals surface area contributed by atoms with Crippen LogP contribution in [-0.4, -0.2) is 40.1 Å². The van der Waals surface area contributed by atoms with E-state index in [9.17, 15) is 13.6 Å². The molecule has 1 aromatic heterocycles. The van der Waals surface area contributed by atoms with E-state index in [1.54, 1.807) is 4.90 Å². The molecule has 0 radical (unpaired) electrons. The summed E-state index contributed by atoms with van der Waals surface area (Å²) in [6.45, 7) is 1.33. The first-order chi connectivity index (χ1) is 8.45. The number of hydrogen-bond acceptors (Lipinski definition) is 4. The minimum absolute atomic E-state index is 0.0203. The fourth-order valence-electron chi connectivity index (χ4n) is 1.48. The lowest BCUT2D eigenvalue weighted by Gasteiger charge is -2.24. The molecule has 0 aromatic carbocycles. The first kappa shape index (κ1) is 14.6. The van der Waals surface area contributed by atoms with Crippen molar-refractivity contribution in [2.45, 2.75) is 33.0 Å². The largest absolute Gasteiger partial charge is 0.468 e. The third kappa shape index (κ3) is 3.76. The molecule has 0 N–H and O–H groups in total. The lowest BCUT2D eigenvalue weighted by Crippen LogP contribution is -2.36. The van der Waals surface area contributed by atoms with E-state index in [1.165, 1.54) is 19.5 Å². The molecule has 1 rings (SSSR count). The SMILES string of the molecule is COC(=O)CN(Cc1nccn1C(F)F)C(C)C. The molecule has 0 aliphatic carbocycles. The zero-order chi connectivity index (χ0) is 13.7. The van der Waals surface area contributed by atoms with Gasteiger partial charge in [0.2, 0.25) is 0 Å². The van der Waals surface area contributed by atoms with Crippen molar-refractivity contribution in [3.05, 3.63) is 18.2 Å². The summed E-state index contributed by atoms with van der Waals surface area (Å²) in [7, 11) is 1.29. The second-order valence-electron chi connectivity index (χ2n) is 4.10. The fourth-order valence-corrected chi connectivity index (χ4v) is 1.48. The lowest BCUT2D eigenvalue weighted by atomic mass is 10.3. The Balaban J connectivity index is 2.77. The van der Waals surface area contributed by atoms with Crippen LogP contribution in [0.15, 0.2) is 12.4 Å². The van der Waals surface area contributed by atoms with Gasteiger partial charge in [-0.05, 0) is 13.8 Å². The normalized spacial score (nSPS) is 11.6. The Morgan fingerprint density at radius 2 is 2.22 bits per heavy atom. The Bertz CT molecular complexity index is 393. The van der Waals surface area contributed by atoms with Gasteiger partial charge in [0, 0.05) is 18.4 Å². The minimum Gasteiger partial charge on any atom is -0.468 e. The van der Waals surface area contributed by atoms with E-state index in [2.05, 4.69) is 9.72 Å². The van der Waals surface area contributed by atoms with E-state index in [1.807, 2.05) is 13.8 Å². The first-order valence-corrected chi connectivity index (χ1v) is 5.56. The molecule has 1 heterocycles. The van der Waals surface area contributed by atoms with Gasteiger partial charge in [-0.3, -0.25) is 14.3 Å². The Kier molecular flexibility index (Phi) is 5.21. The lowest BCUT2D eigenvalue weighted by molar-refractivity contribution is -0.142. The first-order valence-electron chi connectivity index (χ1n) is 5.56. The fraction of sp³-hybridized carbons (Fsp3) is 0.636. The molecular formula is C11H17F2N3O2. The number of aromatic nitrogens is 2. The van der Waals surface area contributed by atoms with Crippen molar-refractivity contribution in [2.75, 3.05) is 13.7 Å². The minimum atomic E-state index is -2.63. The Hall–Kier alpha value is -1.50. The summed E-state index contributed by atoms with van der Waals surface area (Å²) >= 11 is 0. The third-order valence-electron chi connectivity index (χ3n) is 2.59. The maximum Gasteiger partial charge on any atom is 0.319 e. The van der Waals surface area contributed by atoms with Gasteiger partial charge in [0.1, 0.15) is 5.82 Å². The maximum atomic E-state index is 12.7. The molecule has 0 amide bonds. The smallest absolute Gasteiger partial charge is 0.319 e. The highest BCUT2D eigenvalue weighted by Gasteiger charge is 2.19. The van der Waals surface area contributed by atoms with Gasteiger partial charge in [0.05, 0.1) is 20.2 Å². The van der Waals surface area contributed by atoms with Crippen LogP contribution >= 0.6 is 0 Å². The molecule has 0 unspecified atom stereocenters. The topological polar surface area (TPSA) is 47.4 Å². The van der Waals surface area contributed by atoms with Crippen LogP contribution in [-0.2, 0) is 16.1 Å². The highest BCUT2D eigenvalue weighted by atomic mass is 19.3. The number of esters is 1. The third-order valence-corrected chi connectivity index (χ3v) is 2.59. The van der Waals surface area contributed by atoms with Gasteiger partial charge in [-0.2, -0.15) is 8.78 Å². The zero-order valence-electron chi connectivity index (χ0n) is 10.6. The number of rotatable bonds is 6. The molecule has 0 aliphatic heterocycles. The number of hydrogen-bond donors (Lipinski definition) is 0. The molecule has 0 saturated heterocycles. The average molecular weight is 261 g/mol. The second-order valence-corrected chi connectivity index (χ2v) is 4.10. The molecule has 1 aromatic rings. The Labute approximate surface area is 104 Å². The zero-order valence-corrected chi connectivity index (χ0v) is 10.6. The number of nitrogens with zero attached hydrogens (tertiary/aromatic N) is 3. The van der Waals surface area contributed by atoms with E-state index in [-0.39, 0.29) is 25.0 Å². The van der Waals surface area contributed by atoms with E-state index >= 15 is 0 Å².